The van der Waals surface area contributed by atoms with Crippen LogP contribution in [0.25, 0.3) is 0 Å². The fourth-order valence-electron chi connectivity index (χ4n) is 2.51. The molecule has 0 aromatic carbocycles. The zero-order chi connectivity index (χ0) is 14.2. The number of nitrogens with zero attached hydrogens (tertiary/aromatic N) is 4. The zero-order valence-electron chi connectivity index (χ0n) is 12.0. The summed E-state index contributed by atoms with van der Waals surface area (Å²) in [5.74, 6) is 0.207. The van der Waals surface area contributed by atoms with E-state index in [2.05, 4.69) is 21.9 Å². The molecule has 19 heavy (non-hydrogen) atoms. The average Bonchev–Trinajstić information content (AvgIpc) is 2.59. The molecule has 6 heteroatoms. The van der Waals surface area contributed by atoms with Crippen LogP contribution in [0.1, 0.15) is 11.4 Å². The number of aryl methyl sites for hydroxylation is 2. The normalized spacial score (nSPS) is 21.8. The van der Waals surface area contributed by atoms with Crippen molar-refractivity contribution in [3.63, 3.8) is 0 Å². The minimum atomic E-state index is -0.0509. The van der Waals surface area contributed by atoms with Gasteiger partial charge in [0.2, 0.25) is 0 Å². The highest BCUT2D eigenvalue weighted by Gasteiger charge is 2.29. The highest BCUT2D eigenvalue weighted by atomic mass is 35.5. The first-order valence-electron chi connectivity index (χ1n) is 6.49. The Morgan fingerprint density at radius 1 is 1.37 bits per heavy atom. The molecule has 1 saturated heterocycles. The molecule has 0 bridgehead atoms. The zero-order valence-corrected chi connectivity index (χ0v) is 12.7. The van der Waals surface area contributed by atoms with Crippen molar-refractivity contribution in [2.24, 2.45) is 7.05 Å². The highest BCUT2D eigenvalue weighted by molar-refractivity contribution is 6.32. The third kappa shape index (κ3) is 2.99. The number of piperazine rings is 1. The fraction of sp³-hybridized carbons (Fsp3) is 0.692. The molecule has 0 amide bonds. The van der Waals surface area contributed by atoms with E-state index in [9.17, 15) is 4.79 Å². The van der Waals surface area contributed by atoms with Gasteiger partial charge in [0.25, 0.3) is 0 Å². The summed E-state index contributed by atoms with van der Waals surface area (Å²) >= 11 is 6.20. The van der Waals surface area contributed by atoms with E-state index in [1.165, 1.54) is 0 Å². The lowest BCUT2D eigenvalue weighted by atomic mass is 10.0. The second-order valence-corrected chi connectivity index (χ2v) is 5.75. The van der Waals surface area contributed by atoms with E-state index in [1.807, 2.05) is 21.0 Å². The number of hydrogen-bond acceptors (Lipinski definition) is 4. The minimum Gasteiger partial charge on any atom is -0.303 e. The third-order valence-electron chi connectivity index (χ3n) is 3.83. The third-order valence-corrected chi connectivity index (χ3v) is 4.32. The number of carbonyl (C=O) groups is 1. The van der Waals surface area contributed by atoms with Crippen LogP contribution in [0.5, 0.6) is 0 Å². The van der Waals surface area contributed by atoms with Gasteiger partial charge >= 0.3 is 0 Å². The van der Waals surface area contributed by atoms with E-state index in [0.29, 0.717) is 11.4 Å². The summed E-state index contributed by atoms with van der Waals surface area (Å²) in [7, 11) is 5.89. The molecular formula is C13H21ClN4O. The molecule has 2 rings (SSSR count). The van der Waals surface area contributed by atoms with Crippen LogP contribution in [0, 0.1) is 6.92 Å². The first kappa shape index (κ1) is 14.5. The van der Waals surface area contributed by atoms with Crippen molar-refractivity contribution in [1.82, 2.24) is 19.6 Å². The molecule has 106 valence electrons. The van der Waals surface area contributed by atoms with Crippen molar-refractivity contribution < 1.29 is 4.79 Å². The Bertz CT molecular complexity index is 485. The number of aromatic nitrogens is 2. The molecular weight excluding hydrogens is 264 g/mol. The van der Waals surface area contributed by atoms with Gasteiger partial charge in [-0.05, 0) is 21.0 Å². The van der Waals surface area contributed by atoms with Crippen molar-refractivity contribution in [2.45, 2.75) is 19.4 Å². The lowest BCUT2D eigenvalue weighted by molar-refractivity contribution is -0.125. The van der Waals surface area contributed by atoms with E-state index in [0.717, 1.165) is 31.0 Å². The highest BCUT2D eigenvalue weighted by Crippen LogP contribution is 2.21. The number of ketones is 1. The predicted molar refractivity (Wildman–Crippen MR) is 75.6 cm³/mol. The van der Waals surface area contributed by atoms with E-state index in [-0.39, 0.29) is 11.8 Å². The number of likely N-dealkylation sites (N-methyl/N-ethyl adjacent to an activating group) is 2. The average molecular weight is 285 g/mol. The Morgan fingerprint density at radius 3 is 2.63 bits per heavy atom. The maximum Gasteiger partial charge on any atom is 0.157 e. The summed E-state index contributed by atoms with van der Waals surface area (Å²) in [5.41, 5.74) is 1.59. The fourth-order valence-corrected chi connectivity index (χ4v) is 2.74. The summed E-state index contributed by atoms with van der Waals surface area (Å²) in [5, 5.41) is 4.86. The molecule has 0 radical (unpaired) electrons. The molecule has 1 aliphatic rings. The summed E-state index contributed by atoms with van der Waals surface area (Å²) in [6, 6.07) is -0.0509. The van der Waals surface area contributed by atoms with Gasteiger partial charge < -0.3 is 4.90 Å². The molecule has 0 aliphatic carbocycles. The second-order valence-electron chi connectivity index (χ2n) is 5.37. The Labute approximate surface area is 119 Å². The molecule has 1 unspecified atom stereocenters. The van der Waals surface area contributed by atoms with Gasteiger partial charge in [-0.2, -0.15) is 5.10 Å². The quantitative estimate of drug-likeness (QED) is 0.821. The topological polar surface area (TPSA) is 41.4 Å². The minimum absolute atomic E-state index is 0.0509. The smallest absolute Gasteiger partial charge is 0.157 e. The van der Waals surface area contributed by atoms with E-state index in [1.54, 1.807) is 4.68 Å². The van der Waals surface area contributed by atoms with Gasteiger partial charge in [-0.3, -0.25) is 14.4 Å². The van der Waals surface area contributed by atoms with Gasteiger partial charge in [0.1, 0.15) is 0 Å². The van der Waals surface area contributed by atoms with Gasteiger partial charge in [-0.1, -0.05) is 11.6 Å². The van der Waals surface area contributed by atoms with Crippen LogP contribution in [-0.2, 0) is 18.3 Å². The van der Waals surface area contributed by atoms with Crippen molar-refractivity contribution in [3.05, 3.63) is 16.4 Å². The molecule has 0 spiro atoms. The largest absolute Gasteiger partial charge is 0.303 e. The van der Waals surface area contributed by atoms with Crippen LogP contribution in [0.2, 0.25) is 5.02 Å². The first-order chi connectivity index (χ1) is 8.90. The van der Waals surface area contributed by atoms with Crippen molar-refractivity contribution in [3.8, 4) is 0 Å². The molecule has 0 saturated carbocycles. The van der Waals surface area contributed by atoms with Crippen LogP contribution in [0.3, 0.4) is 0 Å². The van der Waals surface area contributed by atoms with E-state index < -0.39 is 0 Å². The van der Waals surface area contributed by atoms with Crippen molar-refractivity contribution in [1.29, 1.82) is 0 Å². The molecule has 1 fully saturated rings. The Balaban J connectivity index is 2.12. The van der Waals surface area contributed by atoms with Gasteiger partial charge in [0.15, 0.2) is 5.78 Å². The van der Waals surface area contributed by atoms with Gasteiger partial charge in [0.05, 0.1) is 28.9 Å². The number of Topliss-reactive ketones (excluding diaryl/α,β-unsaturated/α-hetero) is 1. The Morgan fingerprint density at radius 2 is 2.05 bits per heavy atom. The summed E-state index contributed by atoms with van der Waals surface area (Å²) < 4.78 is 1.71. The number of rotatable bonds is 3. The van der Waals surface area contributed by atoms with Crippen LogP contribution in [0.4, 0.5) is 0 Å². The van der Waals surface area contributed by atoms with Crippen LogP contribution in [-0.4, -0.2) is 65.1 Å². The summed E-state index contributed by atoms with van der Waals surface area (Å²) in [4.78, 5) is 16.8. The molecule has 1 aliphatic heterocycles. The standard InChI is InChI=1S/C13H21ClN4O/c1-9-13(14)10(18(4)15-9)7-12(19)11-8-16(2)5-6-17(11)3/h11H,5-8H2,1-4H3. The molecule has 2 heterocycles. The van der Waals surface area contributed by atoms with Crippen LogP contribution < -0.4 is 0 Å². The number of carbonyl (C=O) groups excluding carboxylic acids is 1. The maximum atomic E-state index is 12.5. The molecule has 1 atom stereocenters. The molecule has 1 aromatic rings. The molecule has 1 aromatic heterocycles. The van der Waals surface area contributed by atoms with Crippen molar-refractivity contribution >= 4 is 17.4 Å². The molecule has 0 N–H and O–H groups in total. The van der Waals surface area contributed by atoms with Gasteiger partial charge in [-0.25, -0.2) is 0 Å². The molecule has 5 nitrogen and oxygen atoms in total. The predicted octanol–water partition coefficient (Wildman–Crippen LogP) is 0.739. The van der Waals surface area contributed by atoms with E-state index in [4.69, 9.17) is 11.6 Å². The van der Waals surface area contributed by atoms with E-state index >= 15 is 0 Å². The summed E-state index contributed by atoms with van der Waals surface area (Å²) in [6.45, 7) is 4.57. The number of halogens is 1. The Hall–Kier alpha value is -0.910. The second kappa shape index (κ2) is 5.61. The van der Waals surface area contributed by atoms with Crippen LogP contribution >= 0.6 is 11.6 Å². The monoisotopic (exact) mass is 284 g/mol. The first-order valence-corrected chi connectivity index (χ1v) is 6.87. The maximum absolute atomic E-state index is 12.5. The SMILES string of the molecule is Cc1nn(C)c(CC(=O)C2CN(C)CCN2C)c1Cl. The van der Waals surface area contributed by atoms with Crippen LogP contribution in [0.15, 0.2) is 0 Å². The number of hydrogen-bond donors (Lipinski definition) is 0. The summed E-state index contributed by atoms with van der Waals surface area (Å²) in [6.07, 6.45) is 0.346. The van der Waals surface area contributed by atoms with Crippen molar-refractivity contribution in [2.75, 3.05) is 33.7 Å². The lowest BCUT2D eigenvalue weighted by Gasteiger charge is -2.36. The van der Waals surface area contributed by atoms with Gasteiger partial charge in [-0.15, -0.1) is 0 Å². The lowest BCUT2D eigenvalue weighted by Crippen LogP contribution is -2.54. The van der Waals surface area contributed by atoms with Gasteiger partial charge in [0, 0.05) is 26.7 Å². The Kier molecular flexibility index (Phi) is 4.28.